The average molecular weight is 488 g/mol. The molecule has 0 fully saturated rings. The van der Waals surface area contributed by atoms with E-state index in [0.29, 0.717) is 0 Å². The molecule has 0 saturated heterocycles. The van der Waals surface area contributed by atoms with E-state index in [2.05, 4.69) is 17.6 Å². The zero-order valence-corrected chi connectivity index (χ0v) is 18.9. The van der Waals surface area contributed by atoms with E-state index < -0.39 is 48.3 Å². The SMILES string of the molecule is C.CCc1ccc(-c2ccc(C(=O)N[C@@H](CCC(=O)O)C(=O)N[C@H](C(=O)NO)[C@@H](C)O)cc2)cc1. The van der Waals surface area contributed by atoms with Gasteiger partial charge in [-0.3, -0.25) is 24.4 Å². The monoisotopic (exact) mass is 487 g/mol. The Bertz CT molecular complexity index is 1000. The summed E-state index contributed by atoms with van der Waals surface area (Å²) in [6.07, 6.45) is -1.09. The minimum atomic E-state index is -1.50. The van der Waals surface area contributed by atoms with Gasteiger partial charge in [-0.2, -0.15) is 0 Å². The maximum absolute atomic E-state index is 12.7. The van der Waals surface area contributed by atoms with Crippen molar-refractivity contribution in [3.8, 4) is 11.1 Å². The van der Waals surface area contributed by atoms with Crippen molar-refractivity contribution in [2.45, 2.75) is 58.7 Å². The molecule has 2 aromatic rings. The lowest BCUT2D eigenvalue weighted by Gasteiger charge is -2.23. The highest BCUT2D eigenvalue weighted by atomic mass is 16.5. The number of amides is 3. The fourth-order valence-corrected chi connectivity index (χ4v) is 3.25. The van der Waals surface area contributed by atoms with E-state index in [1.807, 2.05) is 24.3 Å². The Hall–Kier alpha value is -3.76. The number of hydroxylamine groups is 1. The summed E-state index contributed by atoms with van der Waals surface area (Å²) in [4.78, 5) is 48.1. The van der Waals surface area contributed by atoms with E-state index in [4.69, 9.17) is 10.3 Å². The third-order valence-electron chi connectivity index (χ3n) is 5.28. The van der Waals surface area contributed by atoms with Gasteiger partial charge in [0.2, 0.25) is 5.91 Å². The molecule has 0 radical (unpaired) electrons. The van der Waals surface area contributed by atoms with Gasteiger partial charge in [-0.1, -0.05) is 50.7 Å². The van der Waals surface area contributed by atoms with Crippen molar-refractivity contribution in [3.63, 3.8) is 0 Å². The van der Waals surface area contributed by atoms with Crippen LogP contribution in [0.1, 0.15) is 50.0 Å². The molecule has 35 heavy (non-hydrogen) atoms. The number of aliphatic carboxylic acids is 1. The minimum Gasteiger partial charge on any atom is -0.481 e. The zero-order valence-electron chi connectivity index (χ0n) is 18.9. The number of hydrogen-bond acceptors (Lipinski definition) is 6. The number of aryl methyl sites for hydroxylation is 1. The van der Waals surface area contributed by atoms with E-state index >= 15 is 0 Å². The zero-order chi connectivity index (χ0) is 25.3. The third kappa shape index (κ3) is 8.51. The van der Waals surface area contributed by atoms with Gasteiger partial charge in [-0.05, 0) is 48.6 Å². The summed E-state index contributed by atoms with van der Waals surface area (Å²) in [5.41, 5.74) is 4.68. The summed E-state index contributed by atoms with van der Waals surface area (Å²) in [6.45, 7) is 3.29. The topological polar surface area (TPSA) is 165 Å². The molecule has 0 aliphatic rings. The molecule has 2 aromatic carbocycles. The number of nitrogens with one attached hydrogen (secondary N) is 3. The second kappa shape index (κ2) is 13.8. The molecule has 10 heteroatoms. The first-order valence-electron chi connectivity index (χ1n) is 10.8. The molecule has 0 aromatic heterocycles. The van der Waals surface area contributed by atoms with Crippen molar-refractivity contribution in [1.29, 1.82) is 0 Å². The van der Waals surface area contributed by atoms with Gasteiger partial charge in [0, 0.05) is 12.0 Å². The summed E-state index contributed by atoms with van der Waals surface area (Å²) in [5.74, 6) is -3.73. The van der Waals surface area contributed by atoms with Gasteiger partial charge < -0.3 is 20.8 Å². The number of rotatable bonds is 11. The predicted octanol–water partition coefficient (Wildman–Crippen LogP) is 1.89. The van der Waals surface area contributed by atoms with Gasteiger partial charge in [0.15, 0.2) is 0 Å². The molecule has 0 heterocycles. The van der Waals surface area contributed by atoms with Crippen LogP contribution >= 0.6 is 0 Å². The smallest absolute Gasteiger partial charge is 0.303 e. The molecule has 6 N–H and O–H groups in total. The second-order valence-corrected chi connectivity index (χ2v) is 7.79. The molecule has 0 spiro atoms. The number of carboxylic acids is 1. The number of carbonyl (C=O) groups is 4. The second-order valence-electron chi connectivity index (χ2n) is 7.79. The van der Waals surface area contributed by atoms with Crippen molar-refractivity contribution in [3.05, 3.63) is 59.7 Å². The summed E-state index contributed by atoms with van der Waals surface area (Å²) in [7, 11) is 0. The highest BCUT2D eigenvalue weighted by Crippen LogP contribution is 2.20. The summed E-state index contributed by atoms with van der Waals surface area (Å²) < 4.78 is 0. The van der Waals surface area contributed by atoms with Crippen molar-refractivity contribution in [1.82, 2.24) is 16.1 Å². The number of carboxylic acid groups (broad SMARTS) is 1. The van der Waals surface area contributed by atoms with Crippen LogP contribution in [0.25, 0.3) is 11.1 Å². The molecule has 0 saturated carbocycles. The average Bonchev–Trinajstić information content (AvgIpc) is 2.84. The molecular formula is C25H33N3O7. The fourth-order valence-electron chi connectivity index (χ4n) is 3.25. The van der Waals surface area contributed by atoms with Crippen molar-refractivity contribution in [2.24, 2.45) is 0 Å². The van der Waals surface area contributed by atoms with E-state index in [0.717, 1.165) is 17.5 Å². The molecule has 0 aliphatic carbocycles. The first-order valence-corrected chi connectivity index (χ1v) is 10.8. The van der Waals surface area contributed by atoms with Crippen molar-refractivity contribution >= 4 is 23.7 Å². The molecule has 3 atom stereocenters. The van der Waals surface area contributed by atoms with Crippen LogP contribution in [0.5, 0.6) is 0 Å². The molecule has 190 valence electrons. The molecule has 0 unspecified atom stereocenters. The Balaban J connectivity index is 0.00000612. The van der Waals surface area contributed by atoms with Gasteiger partial charge >= 0.3 is 5.97 Å². The van der Waals surface area contributed by atoms with E-state index in [9.17, 15) is 24.3 Å². The Morgan fingerprint density at radius 3 is 1.89 bits per heavy atom. The van der Waals surface area contributed by atoms with Crippen LogP contribution in [-0.2, 0) is 20.8 Å². The van der Waals surface area contributed by atoms with Crippen LogP contribution in [0, 0.1) is 0 Å². The van der Waals surface area contributed by atoms with Crippen molar-refractivity contribution in [2.75, 3.05) is 0 Å². The number of carbonyl (C=O) groups excluding carboxylic acids is 3. The summed E-state index contributed by atoms with van der Waals surface area (Å²) in [6, 6.07) is 11.9. The molecule has 0 aliphatic heterocycles. The number of aliphatic hydroxyl groups excluding tert-OH is 1. The summed E-state index contributed by atoms with van der Waals surface area (Å²) in [5, 5.41) is 32.2. The highest BCUT2D eigenvalue weighted by Gasteiger charge is 2.30. The van der Waals surface area contributed by atoms with Gasteiger partial charge in [-0.15, -0.1) is 0 Å². The Kier molecular flexibility index (Phi) is 11.6. The van der Waals surface area contributed by atoms with Crippen LogP contribution in [0.15, 0.2) is 48.5 Å². The van der Waals surface area contributed by atoms with Crippen LogP contribution in [0.2, 0.25) is 0 Å². The van der Waals surface area contributed by atoms with Crippen LogP contribution in [0.3, 0.4) is 0 Å². The first kappa shape index (κ1) is 29.3. The van der Waals surface area contributed by atoms with Crippen LogP contribution in [-0.4, -0.2) is 57.3 Å². The van der Waals surface area contributed by atoms with Gasteiger partial charge in [-0.25, -0.2) is 5.48 Å². The van der Waals surface area contributed by atoms with Crippen LogP contribution < -0.4 is 16.1 Å². The quantitative estimate of drug-likeness (QED) is 0.208. The minimum absolute atomic E-state index is 0. The molecular weight excluding hydrogens is 454 g/mol. The lowest BCUT2D eigenvalue weighted by molar-refractivity contribution is -0.139. The molecule has 10 nitrogen and oxygen atoms in total. The summed E-state index contributed by atoms with van der Waals surface area (Å²) >= 11 is 0. The fraction of sp³-hybridized carbons (Fsp3) is 0.360. The van der Waals surface area contributed by atoms with Gasteiger partial charge in [0.25, 0.3) is 11.8 Å². The standard InChI is InChI=1S/C24H29N3O7.CH4/c1-3-15-4-6-16(7-5-15)17-8-10-18(11-9-17)22(31)25-19(12-13-20(29)30)23(32)26-21(14(2)28)24(33)27-34;/h4-11,14,19,21,28,34H,3,12-13H2,1-2H3,(H,25,31)(H,26,32)(H,27,33)(H,29,30);1H4/t14-,19+,21+;/m1./s1. The Labute approximate surface area is 204 Å². The van der Waals surface area contributed by atoms with E-state index in [-0.39, 0.29) is 19.4 Å². The van der Waals surface area contributed by atoms with E-state index in [1.165, 1.54) is 18.0 Å². The third-order valence-corrected chi connectivity index (χ3v) is 5.28. The Morgan fingerprint density at radius 1 is 0.886 bits per heavy atom. The normalized spacial score (nSPS) is 12.9. The maximum Gasteiger partial charge on any atom is 0.303 e. The van der Waals surface area contributed by atoms with Gasteiger partial charge in [0.1, 0.15) is 12.1 Å². The predicted molar refractivity (Wildman–Crippen MR) is 130 cm³/mol. The molecule has 3 amide bonds. The van der Waals surface area contributed by atoms with Crippen LogP contribution in [0.4, 0.5) is 0 Å². The van der Waals surface area contributed by atoms with Crippen molar-refractivity contribution < 1.29 is 34.6 Å². The largest absolute Gasteiger partial charge is 0.481 e. The number of benzene rings is 2. The van der Waals surface area contributed by atoms with Gasteiger partial charge in [0.05, 0.1) is 6.10 Å². The first-order chi connectivity index (χ1) is 16.2. The lowest BCUT2D eigenvalue weighted by Crippen LogP contribution is -2.57. The number of hydrogen-bond donors (Lipinski definition) is 6. The Morgan fingerprint density at radius 2 is 1.43 bits per heavy atom. The number of aliphatic hydroxyl groups is 1. The highest BCUT2D eigenvalue weighted by molar-refractivity contribution is 5.98. The molecule has 2 rings (SSSR count). The van der Waals surface area contributed by atoms with E-state index in [1.54, 1.807) is 24.3 Å². The maximum atomic E-state index is 12.7. The lowest BCUT2D eigenvalue weighted by atomic mass is 10.0. The molecule has 0 bridgehead atoms.